The van der Waals surface area contributed by atoms with E-state index in [1.807, 2.05) is 31.2 Å². The summed E-state index contributed by atoms with van der Waals surface area (Å²) in [4.78, 5) is 4.15. The highest BCUT2D eigenvalue weighted by Crippen LogP contribution is 2.29. The van der Waals surface area contributed by atoms with Crippen molar-refractivity contribution in [2.45, 2.75) is 20.1 Å². The third kappa shape index (κ3) is 3.29. The van der Waals surface area contributed by atoms with Crippen LogP contribution in [0.15, 0.2) is 34.9 Å². The number of pyridine rings is 1. The Balaban J connectivity index is 2.23. The summed E-state index contributed by atoms with van der Waals surface area (Å²) >= 11 is 3.47. The zero-order chi connectivity index (χ0) is 14.5. The van der Waals surface area contributed by atoms with E-state index in [4.69, 9.17) is 15.2 Å². The summed E-state index contributed by atoms with van der Waals surface area (Å²) in [7, 11) is 1.60. The maximum atomic E-state index is 5.92. The predicted octanol–water partition coefficient (Wildman–Crippen LogP) is 3.20. The molecule has 0 unspecified atom stereocenters. The fourth-order valence-electron chi connectivity index (χ4n) is 2.03. The zero-order valence-corrected chi connectivity index (χ0v) is 13.1. The molecule has 2 aromatic rings. The Hall–Kier alpha value is -1.59. The van der Waals surface area contributed by atoms with Gasteiger partial charge in [0.25, 0.3) is 0 Å². The first-order chi connectivity index (χ1) is 9.65. The molecule has 5 heteroatoms. The number of hydrogen-bond acceptors (Lipinski definition) is 4. The van der Waals surface area contributed by atoms with Gasteiger partial charge < -0.3 is 15.2 Å². The van der Waals surface area contributed by atoms with Crippen molar-refractivity contribution < 1.29 is 9.47 Å². The van der Waals surface area contributed by atoms with Gasteiger partial charge >= 0.3 is 0 Å². The number of ether oxygens (including phenoxy) is 2. The minimum atomic E-state index is 0.395. The molecule has 106 valence electrons. The van der Waals surface area contributed by atoms with Gasteiger partial charge in [-0.1, -0.05) is 15.9 Å². The molecule has 0 bridgehead atoms. The van der Waals surface area contributed by atoms with E-state index in [1.54, 1.807) is 13.3 Å². The van der Waals surface area contributed by atoms with Gasteiger partial charge in [-0.25, -0.2) is 4.98 Å². The first-order valence-corrected chi connectivity index (χ1v) is 7.04. The molecule has 1 aromatic carbocycles. The van der Waals surface area contributed by atoms with Gasteiger partial charge in [0, 0.05) is 22.8 Å². The van der Waals surface area contributed by atoms with Gasteiger partial charge in [-0.3, -0.25) is 0 Å². The van der Waals surface area contributed by atoms with Crippen LogP contribution < -0.4 is 15.2 Å². The van der Waals surface area contributed by atoms with Crippen LogP contribution in [0.5, 0.6) is 11.6 Å². The molecule has 4 nitrogen and oxygen atoms in total. The Morgan fingerprint density at radius 1 is 1.30 bits per heavy atom. The molecule has 0 spiro atoms. The zero-order valence-electron chi connectivity index (χ0n) is 11.5. The standard InChI is InChI=1S/C15H17BrN2O2/c1-10-6-13(16)7-12(8-17)14(10)20-9-11-4-3-5-18-15(11)19-2/h3-7H,8-9,17H2,1-2H3. The summed E-state index contributed by atoms with van der Waals surface area (Å²) < 4.78 is 12.1. The number of methoxy groups -OCH3 is 1. The van der Waals surface area contributed by atoms with Crippen LogP contribution in [0.4, 0.5) is 0 Å². The average molecular weight is 337 g/mol. The number of hydrogen-bond donors (Lipinski definition) is 1. The van der Waals surface area contributed by atoms with Crippen LogP contribution in [-0.4, -0.2) is 12.1 Å². The molecule has 1 heterocycles. The van der Waals surface area contributed by atoms with Gasteiger partial charge in [-0.15, -0.1) is 0 Å². The van der Waals surface area contributed by atoms with Crippen LogP contribution >= 0.6 is 15.9 Å². The van der Waals surface area contributed by atoms with Crippen LogP contribution in [0, 0.1) is 6.92 Å². The fraction of sp³-hybridized carbons (Fsp3) is 0.267. The lowest BCUT2D eigenvalue weighted by atomic mass is 10.1. The highest BCUT2D eigenvalue weighted by atomic mass is 79.9. The lowest BCUT2D eigenvalue weighted by molar-refractivity contribution is 0.289. The third-order valence-corrected chi connectivity index (χ3v) is 3.41. The Labute approximate surface area is 127 Å². The molecular weight excluding hydrogens is 320 g/mol. The molecule has 0 amide bonds. The molecular formula is C15H17BrN2O2. The largest absolute Gasteiger partial charge is 0.488 e. The van der Waals surface area contributed by atoms with Crippen LogP contribution in [0.3, 0.4) is 0 Å². The normalized spacial score (nSPS) is 10.4. The number of nitrogens with two attached hydrogens (primary N) is 1. The van der Waals surface area contributed by atoms with Crippen LogP contribution in [-0.2, 0) is 13.2 Å². The molecule has 20 heavy (non-hydrogen) atoms. The van der Waals surface area contributed by atoms with Gasteiger partial charge in [-0.2, -0.15) is 0 Å². The molecule has 0 saturated carbocycles. The number of aromatic nitrogens is 1. The summed E-state index contributed by atoms with van der Waals surface area (Å²) in [6.45, 7) is 2.83. The summed E-state index contributed by atoms with van der Waals surface area (Å²) in [5.74, 6) is 1.40. The van der Waals surface area contributed by atoms with Crippen molar-refractivity contribution in [2.24, 2.45) is 5.73 Å². The summed E-state index contributed by atoms with van der Waals surface area (Å²) in [5.41, 5.74) is 8.69. The first kappa shape index (κ1) is 14.8. The Morgan fingerprint density at radius 2 is 2.10 bits per heavy atom. The Morgan fingerprint density at radius 3 is 2.80 bits per heavy atom. The van der Waals surface area contributed by atoms with E-state index in [1.165, 1.54) is 0 Å². The molecule has 2 N–H and O–H groups in total. The third-order valence-electron chi connectivity index (χ3n) is 2.95. The van der Waals surface area contributed by atoms with Crippen molar-refractivity contribution in [3.05, 3.63) is 51.6 Å². The maximum absolute atomic E-state index is 5.92. The second-order valence-corrected chi connectivity index (χ2v) is 5.29. The van der Waals surface area contributed by atoms with E-state index >= 15 is 0 Å². The highest BCUT2D eigenvalue weighted by molar-refractivity contribution is 9.10. The van der Waals surface area contributed by atoms with Crippen LogP contribution in [0.1, 0.15) is 16.7 Å². The number of aryl methyl sites for hydroxylation is 1. The van der Waals surface area contributed by atoms with Gasteiger partial charge in [0.15, 0.2) is 0 Å². The predicted molar refractivity (Wildman–Crippen MR) is 81.9 cm³/mol. The van der Waals surface area contributed by atoms with Gasteiger partial charge in [0.2, 0.25) is 5.88 Å². The Bertz CT molecular complexity index is 602. The summed E-state index contributed by atoms with van der Waals surface area (Å²) in [6, 6.07) is 7.78. The summed E-state index contributed by atoms with van der Waals surface area (Å²) in [6.07, 6.45) is 1.69. The Kier molecular flexibility index (Phi) is 4.98. The number of halogens is 1. The molecule has 0 fully saturated rings. The van der Waals surface area contributed by atoms with Crippen LogP contribution in [0.25, 0.3) is 0 Å². The van der Waals surface area contributed by atoms with Gasteiger partial charge in [0.1, 0.15) is 12.4 Å². The number of rotatable bonds is 5. The maximum Gasteiger partial charge on any atom is 0.219 e. The smallest absolute Gasteiger partial charge is 0.219 e. The van der Waals surface area contributed by atoms with Gasteiger partial charge in [0.05, 0.1) is 12.7 Å². The van der Waals surface area contributed by atoms with E-state index in [-0.39, 0.29) is 0 Å². The fourth-order valence-corrected chi connectivity index (χ4v) is 2.64. The van der Waals surface area contributed by atoms with E-state index in [9.17, 15) is 0 Å². The van der Waals surface area contributed by atoms with Gasteiger partial charge in [-0.05, 0) is 36.8 Å². The first-order valence-electron chi connectivity index (χ1n) is 6.25. The van der Waals surface area contributed by atoms with Crippen molar-refractivity contribution in [3.63, 3.8) is 0 Å². The van der Waals surface area contributed by atoms with Crippen LogP contribution in [0.2, 0.25) is 0 Å². The topological polar surface area (TPSA) is 57.4 Å². The molecule has 0 radical (unpaired) electrons. The minimum absolute atomic E-state index is 0.395. The van der Waals surface area contributed by atoms with E-state index in [2.05, 4.69) is 20.9 Å². The molecule has 0 aliphatic heterocycles. The lowest BCUT2D eigenvalue weighted by Gasteiger charge is -2.15. The SMILES string of the molecule is COc1ncccc1COc1c(C)cc(Br)cc1CN. The number of nitrogens with zero attached hydrogens (tertiary/aromatic N) is 1. The lowest BCUT2D eigenvalue weighted by Crippen LogP contribution is -2.06. The van der Waals surface area contributed by atoms with Crippen molar-refractivity contribution in [1.82, 2.24) is 4.98 Å². The molecule has 1 aromatic heterocycles. The molecule has 2 rings (SSSR count). The minimum Gasteiger partial charge on any atom is -0.488 e. The molecule has 0 aliphatic rings. The monoisotopic (exact) mass is 336 g/mol. The molecule has 0 atom stereocenters. The average Bonchev–Trinajstić information content (AvgIpc) is 2.45. The highest BCUT2D eigenvalue weighted by Gasteiger charge is 2.10. The molecule has 0 saturated heterocycles. The summed E-state index contributed by atoms with van der Waals surface area (Å²) in [5, 5.41) is 0. The number of benzene rings is 1. The van der Waals surface area contributed by atoms with Crippen molar-refractivity contribution in [1.29, 1.82) is 0 Å². The van der Waals surface area contributed by atoms with Crippen molar-refractivity contribution in [2.75, 3.05) is 7.11 Å². The van der Waals surface area contributed by atoms with Crippen molar-refractivity contribution in [3.8, 4) is 11.6 Å². The van der Waals surface area contributed by atoms with E-state index in [0.717, 1.165) is 26.9 Å². The second kappa shape index (κ2) is 6.72. The van der Waals surface area contributed by atoms with E-state index in [0.29, 0.717) is 19.0 Å². The van der Waals surface area contributed by atoms with E-state index < -0.39 is 0 Å². The van der Waals surface area contributed by atoms with Crippen molar-refractivity contribution >= 4 is 15.9 Å². The molecule has 0 aliphatic carbocycles. The quantitative estimate of drug-likeness (QED) is 0.910. The second-order valence-electron chi connectivity index (χ2n) is 4.38.